The fraction of sp³-hybridized carbons (Fsp3) is 1.00. The smallest absolute Gasteiger partial charge is 0.222 e. The first kappa shape index (κ1) is 11.4. The molecule has 11 heavy (non-hydrogen) atoms. The first-order valence-electron chi connectivity index (χ1n) is 3.12. The fourth-order valence-electron chi connectivity index (χ4n) is 0.430. The summed E-state index contributed by atoms with van der Waals surface area (Å²) in [5.74, 6) is 0. The zero-order chi connectivity index (χ0) is 9.12. The Kier molecular flexibility index (Phi) is 3.99. The van der Waals surface area contributed by atoms with Gasteiger partial charge < -0.3 is 14.2 Å². The van der Waals surface area contributed by atoms with Crippen molar-refractivity contribution in [1.82, 2.24) is 0 Å². The molecule has 0 rings (SSSR count). The fourth-order valence-corrected chi connectivity index (χ4v) is 1.54. The van der Waals surface area contributed by atoms with Gasteiger partial charge in [-0.1, -0.05) is 0 Å². The minimum atomic E-state index is -3.10. The molecule has 0 aliphatic heterocycles. The summed E-state index contributed by atoms with van der Waals surface area (Å²) in [6.07, 6.45) is -0.135. The highest BCUT2D eigenvalue weighted by Gasteiger charge is 2.12. The van der Waals surface area contributed by atoms with Crippen molar-refractivity contribution in [2.45, 2.75) is 0 Å². The van der Waals surface area contributed by atoms with Crippen LogP contribution >= 0.6 is 14.5 Å². The zero-order valence-electron chi connectivity index (χ0n) is 6.98. The molecule has 0 fully saturated rings. The third-order valence-electron chi connectivity index (χ3n) is 0.733. The van der Waals surface area contributed by atoms with Crippen molar-refractivity contribution in [2.24, 2.45) is 0 Å². The van der Waals surface area contributed by atoms with Crippen LogP contribution in [0, 0.1) is 0 Å². The van der Waals surface area contributed by atoms with Crippen LogP contribution in [0.3, 0.4) is 0 Å². The van der Waals surface area contributed by atoms with E-state index in [1.807, 2.05) is 0 Å². The van der Waals surface area contributed by atoms with E-state index in [0.29, 0.717) is 0 Å². The number of hydrogen-bond acceptors (Lipinski definition) is 3. The average molecular weight is 200 g/mol. The van der Waals surface area contributed by atoms with E-state index >= 15 is 0 Å². The number of ether oxygens (including phenoxy) is 1. The zero-order valence-corrected chi connectivity index (χ0v) is 8.77. The lowest BCUT2D eigenvalue weighted by Crippen LogP contribution is -1.97. The standard InChI is InChI=1S/C5H14O4P2/c1-10(2,6)4-9-5-11(3,7)8/h4-5H2,1-3H3,(H,7,8). The maximum atomic E-state index is 11.0. The van der Waals surface area contributed by atoms with E-state index in [9.17, 15) is 9.13 Å². The molecule has 0 spiro atoms. The molecule has 0 amide bonds. The molecule has 0 aromatic carbocycles. The van der Waals surface area contributed by atoms with Crippen LogP contribution in [0.5, 0.6) is 0 Å². The predicted octanol–water partition coefficient (Wildman–Crippen LogP) is 1.44. The topological polar surface area (TPSA) is 63.6 Å². The van der Waals surface area contributed by atoms with Crippen LogP contribution < -0.4 is 0 Å². The minimum Gasteiger partial charge on any atom is -0.364 e. The monoisotopic (exact) mass is 200 g/mol. The summed E-state index contributed by atoms with van der Waals surface area (Å²) in [7, 11) is -5.30. The Morgan fingerprint density at radius 1 is 1.18 bits per heavy atom. The van der Waals surface area contributed by atoms with Crippen LogP contribution in [0.25, 0.3) is 0 Å². The van der Waals surface area contributed by atoms with Gasteiger partial charge in [0.15, 0.2) is 0 Å². The van der Waals surface area contributed by atoms with Gasteiger partial charge in [0.05, 0.1) is 6.35 Å². The van der Waals surface area contributed by atoms with Gasteiger partial charge in [-0.25, -0.2) is 0 Å². The maximum Gasteiger partial charge on any atom is 0.222 e. The Bertz CT molecular complexity index is 179. The number of hydrogen-bond donors (Lipinski definition) is 1. The molecule has 0 radical (unpaired) electrons. The van der Waals surface area contributed by atoms with Gasteiger partial charge >= 0.3 is 0 Å². The molecule has 4 nitrogen and oxygen atoms in total. The summed E-state index contributed by atoms with van der Waals surface area (Å²) in [6, 6.07) is 0. The van der Waals surface area contributed by atoms with Crippen molar-refractivity contribution in [1.29, 1.82) is 0 Å². The molecule has 68 valence electrons. The Balaban J connectivity index is 3.61. The summed E-state index contributed by atoms with van der Waals surface area (Å²) >= 11 is 0. The Labute approximate surface area is 66.8 Å². The van der Waals surface area contributed by atoms with Crippen molar-refractivity contribution in [2.75, 3.05) is 32.7 Å². The molecule has 0 aliphatic carbocycles. The third-order valence-corrected chi connectivity index (χ3v) is 2.20. The van der Waals surface area contributed by atoms with Gasteiger partial charge in [0, 0.05) is 6.66 Å². The van der Waals surface area contributed by atoms with E-state index in [1.165, 1.54) is 6.66 Å². The van der Waals surface area contributed by atoms with Gasteiger partial charge in [0.2, 0.25) is 7.37 Å². The Morgan fingerprint density at radius 2 is 1.64 bits per heavy atom. The second-order valence-electron chi connectivity index (χ2n) is 3.09. The third kappa shape index (κ3) is 10.4. The SMILES string of the molecule is CP(C)(=O)COCP(C)(=O)O. The van der Waals surface area contributed by atoms with Crippen molar-refractivity contribution in [3.05, 3.63) is 0 Å². The van der Waals surface area contributed by atoms with Crippen LogP contribution in [0.15, 0.2) is 0 Å². The molecule has 1 unspecified atom stereocenters. The molecule has 0 aromatic heterocycles. The molecule has 0 aromatic rings. The van der Waals surface area contributed by atoms with Crippen LogP contribution in [0.2, 0.25) is 0 Å². The predicted molar refractivity (Wildman–Crippen MR) is 46.0 cm³/mol. The van der Waals surface area contributed by atoms with E-state index < -0.39 is 14.5 Å². The molecule has 0 saturated heterocycles. The van der Waals surface area contributed by atoms with Crippen LogP contribution in [0.1, 0.15) is 0 Å². The van der Waals surface area contributed by atoms with Crippen LogP contribution in [-0.2, 0) is 13.9 Å². The first-order chi connectivity index (χ1) is 4.71. The lowest BCUT2D eigenvalue weighted by molar-refractivity contribution is 0.215. The van der Waals surface area contributed by atoms with Crippen molar-refractivity contribution < 1.29 is 18.8 Å². The van der Waals surface area contributed by atoms with E-state index in [2.05, 4.69) is 0 Å². The summed E-state index contributed by atoms with van der Waals surface area (Å²) in [5.41, 5.74) is 0. The molecule has 1 N–H and O–H groups in total. The molecule has 6 heteroatoms. The van der Waals surface area contributed by atoms with Crippen molar-refractivity contribution in [3.63, 3.8) is 0 Å². The normalized spacial score (nSPS) is 17.8. The van der Waals surface area contributed by atoms with E-state index in [4.69, 9.17) is 9.63 Å². The Hall–Kier alpha value is 0.380. The number of rotatable bonds is 4. The second-order valence-corrected chi connectivity index (χ2v) is 8.85. The van der Waals surface area contributed by atoms with E-state index in [0.717, 1.165) is 0 Å². The molecule has 1 atom stereocenters. The summed E-state index contributed by atoms with van der Waals surface area (Å²) in [5, 5.41) is 0. The largest absolute Gasteiger partial charge is 0.364 e. The average Bonchev–Trinajstić information content (AvgIpc) is 1.55. The van der Waals surface area contributed by atoms with E-state index in [-0.39, 0.29) is 12.7 Å². The molecular weight excluding hydrogens is 186 g/mol. The second kappa shape index (κ2) is 3.86. The summed E-state index contributed by atoms with van der Waals surface area (Å²) in [4.78, 5) is 8.76. The first-order valence-corrected chi connectivity index (χ1v) is 8.20. The highest BCUT2D eigenvalue weighted by atomic mass is 31.2. The molecule has 0 aliphatic rings. The van der Waals surface area contributed by atoms with Gasteiger partial charge in [-0.05, 0) is 13.3 Å². The molecular formula is C5H14O4P2. The maximum absolute atomic E-state index is 11.0. The van der Waals surface area contributed by atoms with Gasteiger partial charge in [0.25, 0.3) is 0 Å². The van der Waals surface area contributed by atoms with Gasteiger partial charge in [-0.15, -0.1) is 0 Å². The Morgan fingerprint density at radius 3 is 1.91 bits per heavy atom. The summed E-state index contributed by atoms with van der Waals surface area (Å²) in [6.45, 7) is 4.36. The molecule has 0 heterocycles. The van der Waals surface area contributed by atoms with Crippen LogP contribution in [-0.4, -0.2) is 37.6 Å². The molecule has 0 bridgehead atoms. The lowest BCUT2D eigenvalue weighted by atomic mass is 11.5. The highest BCUT2D eigenvalue weighted by molar-refractivity contribution is 7.62. The highest BCUT2D eigenvalue weighted by Crippen LogP contribution is 2.39. The van der Waals surface area contributed by atoms with Crippen molar-refractivity contribution >= 4 is 14.5 Å². The molecule has 0 saturated carbocycles. The van der Waals surface area contributed by atoms with Gasteiger partial charge in [-0.2, -0.15) is 0 Å². The quantitative estimate of drug-likeness (QED) is 0.697. The van der Waals surface area contributed by atoms with Crippen LogP contribution in [0.4, 0.5) is 0 Å². The minimum absolute atomic E-state index is 0.0748. The summed E-state index contributed by atoms with van der Waals surface area (Å²) < 4.78 is 26.4. The van der Waals surface area contributed by atoms with Gasteiger partial charge in [0.1, 0.15) is 13.5 Å². The van der Waals surface area contributed by atoms with E-state index in [1.54, 1.807) is 13.3 Å². The lowest BCUT2D eigenvalue weighted by Gasteiger charge is -2.09. The van der Waals surface area contributed by atoms with Crippen molar-refractivity contribution in [3.8, 4) is 0 Å². The van der Waals surface area contributed by atoms with Gasteiger partial charge in [-0.3, -0.25) is 4.57 Å².